The molecule has 0 radical (unpaired) electrons. The summed E-state index contributed by atoms with van der Waals surface area (Å²) in [5.74, 6) is -0.0488. The first kappa shape index (κ1) is 30.0. The van der Waals surface area contributed by atoms with E-state index < -0.39 is 12.1 Å². The number of aryl methyl sites for hydroxylation is 1. The molecule has 0 aliphatic carbocycles. The van der Waals surface area contributed by atoms with Crippen LogP contribution in [0.3, 0.4) is 0 Å². The predicted octanol–water partition coefficient (Wildman–Crippen LogP) is 6.63. The Morgan fingerprint density at radius 3 is 2.30 bits per heavy atom. The summed E-state index contributed by atoms with van der Waals surface area (Å²) in [4.78, 5) is 12.0. The van der Waals surface area contributed by atoms with Gasteiger partial charge < -0.3 is 25.7 Å². The summed E-state index contributed by atoms with van der Waals surface area (Å²) in [5.41, 5.74) is 14.2. The minimum atomic E-state index is -3.55. The third kappa shape index (κ3) is 9.95. The van der Waals surface area contributed by atoms with Gasteiger partial charge in [-0.1, -0.05) is 18.2 Å². The van der Waals surface area contributed by atoms with Crippen LogP contribution in [-0.2, 0) is 22.1 Å². The molecular formula is C31H33F2N3O4. The van der Waals surface area contributed by atoms with Gasteiger partial charge in [-0.05, 0) is 97.8 Å². The Balaban J connectivity index is 1.40. The van der Waals surface area contributed by atoms with Crippen LogP contribution in [0.2, 0.25) is 0 Å². The smallest absolute Gasteiger partial charge is 0.426 e. The van der Waals surface area contributed by atoms with E-state index in [0.29, 0.717) is 48.6 Å². The molecule has 0 unspecified atom stereocenters. The standard InChI is InChI=1S/C31H33F2N3O4/c32-31(33,25-11-16-27(17-12-25)38-20-4-1-3-19-34)40-28-14-7-23(8-15-28)9-18-30(37)39-21-5-2-6-24-10-13-26(35)22-29(24)36/h7-18,22H,1-6,20-21,35-36H2/b18-9+. The van der Waals surface area contributed by atoms with Crippen molar-refractivity contribution in [3.05, 3.63) is 89.5 Å². The molecule has 0 atom stereocenters. The lowest BCUT2D eigenvalue weighted by Gasteiger charge is -2.18. The maximum atomic E-state index is 14.6. The van der Waals surface area contributed by atoms with Crippen molar-refractivity contribution in [3.63, 3.8) is 0 Å². The van der Waals surface area contributed by atoms with Gasteiger partial charge in [-0.15, -0.1) is 0 Å². The van der Waals surface area contributed by atoms with Gasteiger partial charge in [-0.3, -0.25) is 0 Å². The third-order valence-electron chi connectivity index (χ3n) is 5.93. The number of nitrogen functional groups attached to an aromatic ring is 2. The number of carbonyl (C=O) groups excluding carboxylic acids is 1. The topological polar surface area (TPSA) is 121 Å². The van der Waals surface area contributed by atoms with Crippen molar-refractivity contribution in [2.75, 3.05) is 24.7 Å². The van der Waals surface area contributed by atoms with E-state index in [4.69, 9.17) is 30.9 Å². The number of alkyl halides is 2. The lowest BCUT2D eigenvalue weighted by molar-refractivity contribution is -0.185. The average molecular weight is 550 g/mol. The number of hydrogen-bond donors (Lipinski definition) is 2. The second-order valence-electron chi connectivity index (χ2n) is 9.09. The molecule has 0 fully saturated rings. The van der Waals surface area contributed by atoms with Gasteiger partial charge in [0.2, 0.25) is 0 Å². The number of nitrogens with zero attached hydrogens (tertiary/aromatic N) is 1. The number of anilines is 2. The van der Waals surface area contributed by atoms with Crippen molar-refractivity contribution in [1.29, 1.82) is 5.26 Å². The van der Waals surface area contributed by atoms with Gasteiger partial charge in [0.15, 0.2) is 0 Å². The van der Waals surface area contributed by atoms with Gasteiger partial charge >= 0.3 is 12.1 Å². The first-order valence-corrected chi connectivity index (χ1v) is 13.0. The van der Waals surface area contributed by atoms with Crippen molar-refractivity contribution < 1.29 is 27.8 Å². The van der Waals surface area contributed by atoms with Gasteiger partial charge in [-0.25, -0.2) is 4.79 Å². The highest BCUT2D eigenvalue weighted by atomic mass is 19.3. The maximum Gasteiger partial charge on any atom is 0.426 e. The van der Waals surface area contributed by atoms with Crippen molar-refractivity contribution in [2.24, 2.45) is 0 Å². The van der Waals surface area contributed by atoms with E-state index in [-0.39, 0.29) is 17.9 Å². The highest BCUT2D eigenvalue weighted by molar-refractivity contribution is 5.87. The molecule has 0 bridgehead atoms. The minimum absolute atomic E-state index is 0.0238. The molecule has 0 aliphatic rings. The van der Waals surface area contributed by atoms with Crippen LogP contribution >= 0.6 is 0 Å². The van der Waals surface area contributed by atoms with Crippen LogP contribution in [0.25, 0.3) is 6.08 Å². The molecule has 0 saturated carbocycles. The number of halogens is 2. The SMILES string of the molecule is N#CCCCCOc1ccc(C(F)(F)Oc2ccc(/C=C/C(=O)OCCCCc3ccc(N)cc3N)cc2)cc1. The van der Waals surface area contributed by atoms with E-state index in [1.165, 1.54) is 42.5 Å². The molecule has 0 aromatic heterocycles. The zero-order valence-electron chi connectivity index (χ0n) is 22.2. The normalized spacial score (nSPS) is 11.2. The number of esters is 1. The van der Waals surface area contributed by atoms with E-state index >= 15 is 0 Å². The van der Waals surface area contributed by atoms with Crippen LogP contribution in [0.15, 0.2) is 72.8 Å². The van der Waals surface area contributed by atoms with E-state index in [0.717, 1.165) is 24.8 Å². The van der Waals surface area contributed by atoms with E-state index in [1.54, 1.807) is 30.3 Å². The number of benzene rings is 3. The average Bonchev–Trinajstić information content (AvgIpc) is 2.93. The monoisotopic (exact) mass is 549 g/mol. The van der Waals surface area contributed by atoms with Crippen molar-refractivity contribution in [2.45, 2.75) is 44.6 Å². The number of unbranched alkanes of at least 4 members (excludes halogenated alkanes) is 3. The quantitative estimate of drug-likeness (QED) is 0.0944. The lowest BCUT2D eigenvalue weighted by atomic mass is 10.1. The lowest BCUT2D eigenvalue weighted by Crippen LogP contribution is -2.21. The molecule has 3 aromatic carbocycles. The van der Waals surface area contributed by atoms with Crippen molar-refractivity contribution >= 4 is 23.4 Å². The van der Waals surface area contributed by atoms with Crippen LogP contribution in [0.4, 0.5) is 20.2 Å². The number of rotatable bonds is 15. The molecule has 4 N–H and O–H groups in total. The summed E-state index contributed by atoms with van der Waals surface area (Å²) < 4.78 is 44.9. The molecule has 210 valence electrons. The van der Waals surface area contributed by atoms with Crippen LogP contribution in [0, 0.1) is 11.3 Å². The van der Waals surface area contributed by atoms with Crippen molar-refractivity contribution in [3.8, 4) is 17.6 Å². The fourth-order valence-corrected chi connectivity index (χ4v) is 3.74. The Morgan fingerprint density at radius 2 is 1.60 bits per heavy atom. The van der Waals surface area contributed by atoms with Crippen LogP contribution in [-0.4, -0.2) is 19.2 Å². The highest BCUT2D eigenvalue weighted by Gasteiger charge is 2.34. The van der Waals surface area contributed by atoms with Gasteiger partial charge in [-0.2, -0.15) is 14.0 Å². The zero-order chi connectivity index (χ0) is 28.8. The third-order valence-corrected chi connectivity index (χ3v) is 5.93. The Labute approximate surface area is 233 Å². The van der Waals surface area contributed by atoms with E-state index in [1.807, 2.05) is 6.07 Å². The molecule has 40 heavy (non-hydrogen) atoms. The molecule has 0 heterocycles. The van der Waals surface area contributed by atoms with Crippen molar-refractivity contribution in [1.82, 2.24) is 0 Å². The molecule has 9 heteroatoms. The molecule has 0 amide bonds. The Kier molecular flexibility index (Phi) is 11.3. The molecule has 0 spiro atoms. The summed E-state index contributed by atoms with van der Waals surface area (Å²) >= 11 is 0. The first-order chi connectivity index (χ1) is 19.3. The number of hydrogen-bond acceptors (Lipinski definition) is 7. The minimum Gasteiger partial charge on any atom is -0.494 e. The summed E-state index contributed by atoms with van der Waals surface area (Å²) in [7, 11) is 0. The summed E-state index contributed by atoms with van der Waals surface area (Å²) in [6.45, 7) is 0.684. The maximum absolute atomic E-state index is 14.6. The Bertz CT molecular complexity index is 1300. The summed E-state index contributed by atoms with van der Waals surface area (Å²) in [6, 6.07) is 18.8. The van der Waals surface area contributed by atoms with E-state index in [2.05, 4.69) is 6.07 Å². The van der Waals surface area contributed by atoms with Gasteiger partial charge in [0.05, 0.1) is 24.8 Å². The van der Waals surface area contributed by atoms with Crippen LogP contribution in [0.1, 0.15) is 48.8 Å². The Hall–Kier alpha value is -4.58. The summed E-state index contributed by atoms with van der Waals surface area (Å²) in [5, 5.41) is 8.53. The van der Waals surface area contributed by atoms with Gasteiger partial charge in [0.1, 0.15) is 11.5 Å². The fourth-order valence-electron chi connectivity index (χ4n) is 3.74. The molecule has 0 aliphatic heterocycles. The molecule has 3 rings (SSSR count). The summed E-state index contributed by atoms with van der Waals surface area (Å²) in [6.07, 6.45) is 3.42. The zero-order valence-corrected chi connectivity index (χ0v) is 22.2. The van der Waals surface area contributed by atoms with Crippen LogP contribution < -0.4 is 20.9 Å². The van der Waals surface area contributed by atoms with Crippen LogP contribution in [0.5, 0.6) is 11.5 Å². The number of carbonyl (C=O) groups is 1. The number of nitriles is 1. The largest absolute Gasteiger partial charge is 0.494 e. The Morgan fingerprint density at radius 1 is 0.900 bits per heavy atom. The molecule has 3 aromatic rings. The number of ether oxygens (including phenoxy) is 3. The second-order valence-corrected chi connectivity index (χ2v) is 9.09. The second kappa shape index (κ2) is 15.1. The first-order valence-electron chi connectivity index (χ1n) is 13.0. The highest BCUT2D eigenvalue weighted by Crippen LogP contribution is 2.32. The predicted molar refractivity (Wildman–Crippen MR) is 151 cm³/mol. The molecule has 7 nitrogen and oxygen atoms in total. The van der Waals surface area contributed by atoms with Gasteiger partial charge in [0, 0.05) is 23.9 Å². The van der Waals surface area contributed by atoms with Gasteiger partial charge in [0.25, 0.3) is 0 Å². The molecule has 0 saturated heterocycles. The number of nitrogens with two attached hydrogens (primary N) is 2. The molecular weight excluding hydrogens is 516 g/mol. The fraction of sp³-hybridized carbons (Fsp3) is 0.290. The van der Waals surface area contributed by atoms with E-state index in [9.17, 15) is 13.6 Å².